The fraction of sp³-hybridized carbons (Fsp3) is 0.217. The molecule has 3 aromatic rings. The molecule has 29 heavy (non-hydrogen) atoms. The maximum atomic E-state index is 12.8. The number of halogens is 3. The first kappa shape index (κ1) is 21.3. The predicted octanol–water partition coefficient (Wildman–Crippen LogP) is 7.12. The molecule has 0 bridgehead atoms. The topological polar surface area (TPSA) is 27.7 Å². The summed E-state index contributed by atoms with van der Waals surface area (Å²) in [5.41, 5.74) is 1.99. The van der Waals surface area contributed by atoms with Crippen molar-refractivity contribution in [3.05, 3.63) is 90.0 Å². The van der Waals surface area contributed by atoms with Crippen LogP contribution in [0.3, 0.4) is 0 Å². The summed E-state index contributed by atoms with van der Waals surface area (Å²) < 4.78 is 41.8. The second-order valence-corrected chi connectivity index (χ2v) is 7.52. The van der Waals surface area contributed by atoms with E-state index in [-0.39, 0.29) is 11.7 Å². The molecule has 0 N–H and O–H groups in total. The van der Waals surface area contributed by atoms with Crippen molar-refractivity contribution in [1.29, 1.82) is 0 Å². The van der Waals surface area contributed by atoms with E-state index in [9.17, 15) is 8.78 Å². The Bertz CT molecular complexity index is 896. The van der Waals surface area contributed by atoms with E-state index < -0.39 is 5.02 Å². The highest BCUT2D eigenvalue weighted by Crippen LogP contribution is 2.28. The summed E-state index contributed by atoms with van der Waals surface area (Å²) in [6, 6.07) is 23.9. The van der Waals surface area contributed by atoms with E-state index in [1.165, 1.54) is 12.1 Å². The van der Waals surface area contributed by atoms with Gasteiger partial charge in [-0.3, -0.25) is 0 Å². The molecule has 0 aliphatic heterocycles. The average Bonchev–Trinajstić information content (AvgIpc) is 2.68. The van der Waals surface area contributed by atoms with Crippen LogP contribution in [0, 0.1) is 0 Å². The van der Waals surface area contributed by atoms with Crippen molar-refractivity contribution in [1.82, 2.24) is 0 Å². The number of ether oxygens (including phenoxy) is 3. The van der Waals surface area contributed by atoms with Crippen molar-refractivity contribution in [2.24, 2.45) is 0 Å². The minimum Gasteiger partial charge on any atom is -0.457 e. The van der Waals surface area contributed by atoms with Gasteiger partial charge < -0.3 is 14.2 Å². The molecule has 0 saturated heterocycles. The second kappa shape index (κ2) is 9.85. The van der Waals surface area contributed by atoms with Crippen LogP contribution in [0.25, 0.3) is 0 Å². The maximum Gasteiger partial charge on any atom is 0.459 e. The SMILES string of the molecule is CC(COCc1cccc(Oc2ccccc2)c1)c1ccc(OC(F)(F)Br)cc1. The Morgan fingerprint density at radius 2 is 1.55 bits per heavy atom. The van der Waals surface area contributed by atoms with Crippen LogP contribution >= 0.6 is 15.9 Å². The summed E-state index contributed by atoms with van der Waals surface area (Å²) in [6.45, 7) is 2.97. The highest BCUT2D eigenvalue weighted by molar-refractivity contribution is 9.09. The molecule has 0 aliphatic carbocycles. The Hall–Kier alpha value is -2.44. The number of benzene rings is 3. The molecule has 1 unspecified atom stereocenters. The van der Waals surface area contributed by atoms with E-state index >= 15 is 0 Å². The normalized spacial score (nSPS) is 12.4. The number of hydrogen-bond acceptors (Lipinski definition) is 3. The molecule has 0 aromatic heterocycles. The van der Waals surface area contributed by atoms with E-state index in [0.29, 0.717) is 13.2 Å². The average molecular weight is 463 g/mol. The first-order chi connectivity index (χ1) is 13.9. The standard InChI is InChI=1S/C23H21BrF2O3/c1-17(19-10-12-21(13-11-19)29-23(24,25)26)15-27-16-18-6-5-9-22(14-18)28-20-7-3-2-4-8-20/h2-14,17H,15-16H2,1H3. The first-order valence-corrected chi connectivity index (χ1v) is 9.94. The second-order valence-electron chi connectivity index (χ2n) is 6.60. The Morgan fingerprint density at radius 1 is 0.862 bits per heavy atom. The molecule has 0 aliphatic rings. The van der Waals surface area contributed by atoms with Gasteiger partial charge in [0, 0.05) is 21.8 Å². The third-order valence-electron chi connectivity index (χ3n) is 4.20. The Balaban J connectivity index is 1.50. The Labute approximate surface area is 177 Å². The fourth-order valence-corrected chi connectivity index (χ4v) is 2.96. The van der Waals surface area contributed by atoms with Gasteiger partial charge in [0.15, 0.2) is 0 Å². The minimum absolute atomic E-state index is 0.0963. The number of para-hydroxylation sites is 1. The molecule has 0 saturated carbocycles. The zero-order valence-electron chi connectivity index (χ0n) is 15.9. The van der Waals surface area contributed by atoms with Gasteiger partial charge in [-0.05, 0) is 47.5 Å². The lowest BCUT2D eigenvalue weighted by Gasteiger charge is -2.15. The zero-order chi connectivity index (χ0) is 20.7. The first-order valence-electron chi connectivity index (χ1n) is 9.14. The van der Waals surface area contributed by atoms with Gasteiger partial charge in [0.2, 0.25) is 0 Å². The molecule has 0 fully saturated rings. The van der Waals surface area contributed by atoms with Crippen LogP contribution in [0.2, 0.25) is 0 Å². The van der Waals surface area contributed by atoms with Gasteiger partial charge in [-0.25, -0.2) is 0 Å². The van der Waals surface area contributed by atoms with E-state index in [1.54, 1.807) is 12.1 Å². The summed E-state index contributed by atoms with van der Waals surface area (Å²) in [5, 5.41) is -3.37. The van der Waals surface area contributed by atoms with Crippen LogP contribution in [0.5, 0.6) is 17.2 Å². The lowest BCUT2D eigenvalue weighted by Crippen LogP contribution is -2.14. The molecular weight excluding hydrogens is 442 g/mol. The largest absolute Gasteiger partial charge is 0.459 e. The molecule has 6 heteroatoms. The predicted molar refractivity (Wildman–Crippen MR) is 112 cm³/mol. The summed E-state index contributed by atoms with van der Waals surface area (Å²) in [5.74, 6) is 1.74. The summed E-state index contributed by atoms with van der Waals surface area (Å²) in [4.78, 5) is 0. The molecule has 0 heterocycles. The summed E-state index contributed by atoms with van der Waals surface area (Å²) in [6.07, 6.45) is 0. The number of alkyl halides is 3. The molecule has 3 rings (SSSR count). The number of hydrogen-bond donors (Lipinski definition) is 0. The smallest absolute Gasteiger partial charge is 0.457 e. The van der Waals surface area contributed by atoms with Gasteiger partial charge in [0.1, 0.15) is 17.2 Å². The minimum atomic E-state index is -3.37. The van der Waals surface area contributed by atoms with Gasteiger partial charge >= 0.3 is 5.02 Å². The van der Waals surface area contributed by atoms with Crippen molar-refractivity contribution in [3.63, 3.8) is 0 Å². The Morgan fingerprint density at radius 3 is 2.24 bits per heavy atom. The van der Waals surface area contributed by atoms with Crippen LogP contribution in [-0.2, 0) is 11.3 Å². The molecule has 3 nitrogen and oxygen atoms in total. The molecule has 0 radical (unpaired) electrons. The summed E-state index contributed by atoms with van der Waals surface area (Å²) >= 11 is 2.16. The Kier molecular flexibility index (Phi) is 7.23. The molecule has 1 atom stereocenters. The van der Waals surface area contributed by atoms with E-state index in [1.807, 2.05) is 61.5 Å². The zero-order valence-corrected chi connectivity index (χ0v) is 17.4. The highest BCUT2D eigenvalue weighted by atomic mass is 79.9. The van der Waals surface area contributed by atoms with Crippen molar-refractivity contribution in [2.75, 3.05) is 6.61 Å². The molecule has 3 aromatic carbocycles. The van der Waals surface area contributed by atoms with Crippen LogP contribution in [0.15, 0.2) is 78.9 Å². The number of rotatable bonds is 9. The molecule has 152 valence electrons. The third kappa shape index (κ3) is 7.15. The lowest BCUT2D eigenvalue weighted by molar-refractivity contribution is -0.0803. The van der Waals surface area contributed by atoms with Crippen molar-refractivity contribution in [2.45, 2.75) is 24.5 Å². The van der Waals surface area contributed by atoms with Crippen molar-refractivity contribution < 1.29 is 23.0 Å². The monoisotopic (exact) mass is 462 g/mol. The van der Waals surface area contributed by atoms with Crippen LogP contribution < -0.4 is 9.47 Å². The fourth-order valence-electron chi connectivity index (χ4n) is 2.77. The summed E-state index contributed by atoms with van der Waals surface area (Å²) in [7, 11) is 0. The molecule has 0 amide bonds. The quantitative estimate of drug-likeness (QED) is 0.316. The van der Waals surface area contributed by atoms with Gasteiger partial charge in [-0.2, -0.15) is 8.78 Å². The van der Waals surface area contributed by atoms with Crippen molar-refractivity contribution >= 4 is 15.9 Å². The van der Waals surface area contributed by atoms with Gasteiger partial charge in [-0.1, -0.05) is 49.4 Å². The molecular formula is C23H21BrF2O3. The van der Waals surface area contributed by atoms with Gasteiger partial charge in [-0.15, -0.1) is 0 Å². The van der Waals surface area contributed by atoms with Crippen LogP contribution in [-0.4, -0.2) is 11.6 Å². The van der Waals surface area contributed by atoms with E-state index in [0.717, 1.165) is 22.6 Å². The van der Waals surface area contributed by atoms with E-state index in [4.69, 9.17) is 9.47 Å². The third-order valence-corrected chi connectivity index (χ3v) is 4.36. The maximum absolute atomic E-state index is 12.8. The van der Waals surface area contributed by atoms with Crippen molar-refractivity contribution in [3.8, 4) is 17.2 Å². The van der Waals surface area contributed by atoms with Crippen LogP contribution in [0.1, 0.15) is 24.0 Å². The van der Waals surface area contributed by atoms with Crippen LogP contribution in [0.4, 0.5) is 8.78 Å². The molecule has 0 spiro atoms. The van der Waals surface area contributed by atoms with Gasteiger partial charge in [0.25, 0.3) is 0 Å². The lowest BCUT2D eigenvalue weighted by atomic mass is 10.0. The van der Waals surface area contributed by atoms with Gasteiger partial charge in [0.05, 0.1) is 13.2 Å². The van der Waals surface area contributed by atoms with E-state index in [2.05, 4.69) is 20.7 Å². The highest BCUT2D eigenvalue weighted by Gasteiger charge is 2.26.